The molecule has 0 radical (unpaired) electrons. The van der Waals surface area contributed by atoms with Crippen LogP contribution >= 0.6 is 0 Å². The largest absolute Gasteiger partial charge is 0.497 e. The first-order valence-corrected chi connectivity index (χ1v) is 11.3. The monoisotopic (exact) mass is 470 g/mol. The van der Waals surface area contributed by atoms with Crippen LogP contribution in [0.15, 0.2) is 42.5 Å². The van der Waals surface area contributed by atoms with Gasteiger partial charge in [-0.1, -0.05) is 0 Å². The highest BCUT2D eigenvalue weighted by molar-refractivity contribution is 6.01. The van der Waals surface area contributed by atoms with Gasteiger partial charge in [0.05, 0.1) is 13.7 Å². The summed E-state index contributed by atoms with van der Waals surface area (Å²) >= 11 is 0. The molecule has 2 aliphatic rings. The number of benzene rings is 2. The Kier molecular flexibility index (Phi) is 8.05. The van der Waals surface area contributed by atoms with Crippen LogP contribution < -0.4 is 29.6 Å². The summed E-state index contributed by atoms with van der Waals surface area (Å²) in [7, 11) is 1.63. The molecule has 4 rings (SSSR count). The molecule has 1 saturated heterocycles. The fourth-order valence-electron chi connectivity index (χ4n) is 3.79. The number of hydrogen-bond acceptors (Lipinski definition) is 8. The van der Waals surface area contributed by atoms with Crippen molar-refractivity contribution in [2.24, 2.45) is 0 Å². The lowest BCUT2D eigenvalue weighted by molar-refractivity contribution is -0.121. The summed E-state index contributed by atoms with van der Waals surface area (Å²) in [5, 5.41) is 5.04. The predicted molar refractivity (Wildman–Crippen MR) is 126 cm³/mol. The van der Waals surface area contributed by atoms with E-state index in [0.29, 0.717) is 37.0 Å². The molecule has 10 heteroatoms. The highest BCUT2D eigenvalue weighted by atomic mass is 16.6. The Morgan fingerprint density at radius 1 is 0.912 bits per heavy atom. The van der Waals surface area contributed by atoms with Crippen molar-refractivity contribution >= 4 is 17.6 Å². The number of urea groups is 1. The lowest BCUT2D eigenvalue weighted by Crippen LogP contribution is -2.51. The zero-order valence-electron chi connectivity index (χ0n) is 19.2. The van der Waals surface area contributed by atoms with E-state index in [2.05, 4.69) is 15.5 Å². The lowest BCUT2D eigenvalue weighted by Gasteiger charge is -2.34. The number of nitrogens with one attached hydrogen (secondary N) is 2. The van der Waals surface area contributed by atoms with E-state index in [-0.39, 0.29) is 12.5 Å². The average Bonchev–Trinajstić information content (AvgIpc) is 2.85. The van der Waals surface area contributed by atoms with Crippen LogP contribution in [0.5, 0.6) is 23.0 Å². The highest BCUT2D eigenvalue weighted by Gasteiger charge is 2.20. The molecule has 2 N–H and O–H groups in total. The number of nitrogens with zero attached hydrogens (tertiary/aromatic N) is 2. The second kappa shape index (κ2) is 11.6. The van der Waals surface area contributed by atoms with E-state index in [1.807, 2.05) is 29.2 Å². The maximum Gasteiger partial charge on any atom is 0.325 e. The summed E-state index contributed by atoms with van der Waals surface area (Å²) in [5.74, 6) is 2.48. The molecule has 0 aliphatic carbocycles. The van der Waals surface area contributed by atoms with E-state index in [1.54, 1.807) is 25.3 Å². The van der Waals surface area contributed by atoms with Crippen LogP contribution in [0.2, 0.25) is 0 Å². The quantitative estimate of drug-likeness (QED) is 0.603. The fourth-order valence-corrected chi connectivity index (χ4v) is 3.79. The molecule has 2 aromatic rings. The van der Waals surface area contributed by atoms with Gasteiger partial charge >= 0.3 is 6.03 Å². The Morgan fingerprint density at radius 3 is 2.32 bits per heavy atom. The van der Waals surface area contributed by atoms with Crippen molar-refractivity contribution < 1.29 is 28.5 Å². The number of methoxy groups -OCH3 is 1. The summed E-state index contributed by atoms with van der Waals surface area (Å²) in [4.78, 5) is 28.8. The fraction of sp³-hybridized carbons (Fsp3) is 0.417. The maximum atomic E-state index is 12.3. The van der Waals surface area contributed by atoms with Crippen LogP contribution in [0.25, 0.3) is 0 Å². The minimum absolute atomic E-state index is 0.171. The van der Waals surface area contributed by atoms with E-state index in [1.165, 1.54) is 0 Å². The Morgan fingerprint density at radius 2 is 1.59 bits per heavy atom. The van der Waals surface area contributed by atoms with Crippen molar-refractivity contribution in [1.29, 1.82) is 0 Å². The summed E-state index contributed by atoms with van der Waals surface area (Å²) < 4.78 is 21.9. The average molecular weight is 471 g/mol. The first kappa shape index (κ1) is 23.7. The summed E-state index contributed by atoms with van der Waals surface area (Å²) in [6.45, 7) is 5.71. The van der Waals surface area contributed by atoms with Gasteiger partial charge in [0.2, 0.25) is 5.91 Å². The third kappa shape index (κ3) is 6.75. The van der Waals surface area contributed by atoms with Gasteiger partial charge in [0.1, 0.15) is 31.3 Å². The number of hydrogen-bond donors (Lipinski definition) is 2. The van der Waals surface area contributed by atoms with Crippen LogP contribution in [0.3, 0.4) is 0 Å². The Balaban J connectivity index is 1.12. The molecule has 182 valence electrons. The molecule has 0 bridgehead atoms. The predicted octanol–water partition coefficient (Wildman–Crippen LogP) is 1.81. The Labute approximate surface area is 198 Å². The van der Waals surface area contributed by atoms with Crippen LogP contribution in [0, 0.1) is 0 Å². The van der Waals surface area contributed by atoms with Crippen LogP contribution in [-0.2, 0) is 4.79 Å². The third-order valence-corrected chi connectivity index (χ3v) is 5.62. The van der Waals surface area contributed by atoms with Crippen molar-refractivity contribution in [3.05, 3.63) is 42.5 Å². The summed E-state index contributed by atoms with van der Waals surface area (Å²) in [6, 6.07) is 12.1. The van der Waals surface area contributed by atoms with Gasteiger partial charge in [-0.05, 0) is 36.4 Å². The van der Waals surface area contributed by atoms with Gasteiger partial charge in [-0.2, -0.15) is 0 Å². The number of anilines is 1. The molecule has 3 amide bonds. The molecular formula is C24H30N4O6. The molecule has 0 saturated carbocycles. The normalized spacial score (nSPS) is 15.9. The molecule has 0 atom stereocenters. The van der Waals surface area contributed by atoms with Crippen molar-refractivity contribution in [2.75, 3.05) is 71.5 Å². The van der Waals surface area contributed by atoms with E-state index in [4.69, 9.17) is 18.9 Å². The van der Waals surface area contributed by atoms with Gasteiger partial charge in [-0.3, -0.25) is 19.9 Å². The standard InChI is InChI=1S/C24H30N4O6/c1-31-19-3-5-20(6-4-19)32-13-12-27-8-10-28(11-9-27)17-23(29)26-24(30)25-18-2-7-21-22(16-18)34-15-14-33-21/h2-7,16H,8-15,17H2,1H3,(H2,25,26,29,30). The van der Waals surface area contributed by atoms with Crippen molar-refractivity contribution in [2.45, 2.75) is 0 Å². The Hall–Kier alpha value is -3.50. The van der Waals surface area contributed by atoms with Crippen LogP contribution in [-0.4, -0.2) is 87.9 Å². The van der Waals surface area contributed by atoms with Gasteiger partial charge in [0.15, 0.2) is 11.5 Å². The second-order valence-corrected chi connectivity index (χ2v) is 8.00. The number of ether oxygens (including phenoxy) is 4. The molecule has 2 heterocycles. The molecule has 2 aliphatic heterocycles. The summed E-state index contributed by atoms with van der Waals surface area (Å²) in [5.41, 5.74) is 0.528. The zero-order valence-corrected chi connectivity index (χ0v) is 19.2. The first-order valence-electron chi connectivity index (χ1n) is 11.3. The first-order chi connectivity index (χ1) is 16.6. The SMILES string of the molecule is COc1ccc(OCCN2CCN(CC(=O)NC(=O)Nc3ccc4c(c3)OCCO4)CC2)cc1. The molecule has 34 heavy (non-hydrogen) atoms. The number of piperazine rings is 1. The van der Waals surface area contributed by atoms with Gasteiger partial charge in [-0.25, -0.2) is 4.79 Å². The van der Waals surface area contributed by atoms with Crippen LogP contribution in [0.4, 0.5) is 10.5 Å². The maximum absolute atomic E-state index is 12.3. The minimum Gasteiger partial charge on any atom is -0.497 e. The number of carbonyl (C=O) groups excluding carboxylic acids is 2. The minimum atomic E-state index is -0.573. The van der Waals surface area contributed by atoms with Crippen molar-refractivity contribution in [3.63, 3.8) is 0 Å². The van der Waals surface area contributed by atoms with Gasteiger partial charge in [0, 0.05) is 44.5 Å². The summed E-state index contributed by atoms with van der Waals surface area (Å²) in [6.07, 6.45) is 0. The van der Waals surface area contributed by atoms with Gasteiger partial charge < -0.3 is 24.3 Å². The number of rotatable bonds is 8. The highest BCUT2D eigenvalue weighted by Crippen LogP contribution is 2.32. The molecule has 2 aromatic carbocycles. The van der Waals surface area contributed by atoms with Crippen molar-refractivity contribution in [3.8, 4) is 23.0 Å². The molecule has 1 fully saturated rings. The third-order valence-electron chi connectivity index (χ3n) is 5.62. The second-order valence-electron chi connectivity index (χ2n) is 8.00. The molecule has 0 aromatic heterocycles. The van der Waals surface area contributed by atoms with E-state index < -0.39 is 6.03 Å². The molecule has 0 unspecified atom stereocenters. The van der Waals surface area contributed by atoms with Gasteiger partial charge in [0.25, 0.3) is 0 Å². The van der Waals surface area contributed by atoms with Crippen molar-refractivity contribution in [1.82, 2.24) is 15.1 Å². The van der Waals surface area contributed by atoms with E-state index in [9.17, 15) is 9.59 Å². The van der Waals surface area contributed by atoms with Gasteiger partial charge in [-0.15, -0.1) is 0 Å². The van der Waals surface area contributed by atoms with Crippen LogP contribution in [0.1, 0.15) is 0 Å². The zero-order chi connectivity index (χ0) is 23.8. The number of fused-ring (bicyclic) bond motifs is 1. The number of carbonyl (C=O) groups is 2. The number of amides is 3. The smallest absolute Gasteiger partial charge is 0.325 e. The number of imide groups is 1. The Bertz CT molecular complexity index is 976. The van der Waals surface area contributed by atoms with E-state index in [0.717, 1.165) is 44.2 Å². The molecular weight excluding hydrogens is 440 g/mol. The molecule has 10 nitrogen and oxygen atoms in total. The lowest BCUT2D eigenvalue weighted by atomic mass is 10.2. The topological polar surface area (TPSA) is 102 Å². The van der Waals surface area contributed by atoms with E-state index >= 15 is 0 Å². The molecule has 0 spiro atoms.